The molecule has 0 saturated carbocycles. The lowest BCUT2D eigenvalue weighted by Crippen LogP contribution is -2.32. The van der Waals surface area contributed by atoms with Crippen LogP contribution in [0.2, 0.25) is 5.02 Å². The SMILES string of the molecule is Cc1ccc(Cl)cc1N[C@@H]1COC[C@H]1O. The fourth-order valence-corrected chi connectivity index (χ4v) is 1.80. The van der Waals surface area contributed by atoms with E-state index in [2.05, 4.69) is 5.32 Å². The van der Waals surface area contributed by atoms with Crippen LogP contribution >= 0.6 is 11.6 Å². The molecule has 0 bridgehead atoms. The molecule has 1 saturated heterocycles. The van der Waals surface area contributed by atoms with Crippen molar-refractivity contribution in [1.82, 2.24) is 0 Å². The van der Waals surface area contributed by atoms with Crippen molar-refractivity contribution in [1.29, 1.82) is 0 Å². The van der Waals surface area contributed by atoms with E-state index in [1.807, 2.05) is 25.1 Å². The van der Waals surface area contributed by atoms with E-state index in [1.165, 1.54) is 0 Å². The number of halogens is 1. The van der Waals surface area contributed by atoms with Gasteiger partial charge in [0.1, 0.15) is 0 Å². The van der Waals surface area contributed by atoms with Crippen LogP contribution in [0.5, 0.6) is 0 Å². The Bertz CT molecular complexity index is 356. The van der Waals surface area contributed by atoms with Crippen molar-refractivity contribution in [3.63, 3.8) is 0 Å². The van der Waals surface area contributed by atoms with Gasteiger partial charge in [0.2, 0.25) is 0 Å². The van der Waals surface area contributed by atoms with Gasteiger partial charge >= 0.3 is 0 Å². The van der Waals surface area contributed by atoms with Crippen molar-refractivity contribution in [3.8, 4) is 0 Å². The van der Waals surface area contributed by atoms with Crippen molar-refractivity contribution in [2.75, 3.05) is 18.5 Å². The first kappa shape index (κ1) is 10.7. The molecule has 2 rings (SSSR count). The minimum Gasteiger partial charge on any atom is -0.388 e. The number of aryl methyl sites for hydroxylation is 1. The van der Waals surface area contributed by atoms with Crippen molar-refractivity contribution < 1.29 is 9.84 Å². The molecule has 0 amide bonds. The topological polar surface area (TPSA) is 41.5 Å². The summed E-state index contributed by atoms with van der Waals surface area (Å²) in [5.41, 5.74) is 2.07. The molecule has 1 aliphatic rings. The van der Waals surface area contributed by atoms with Crippen molar-refractivity contribution in [2.24, 2.45) is 0 Å². The van der Waals surface area contributed by atoms with E-state index < -0.39 is 6.10 Å². The highest BCUT2D eigenvalue weighted by Gasteiger charge is 2.26. The molecule has 0 unspecified atom stereocenters. The Balaban J connectivity index is 2.12. The van der Waals surface area contributed by atoms with Crippen LogP contribution in [0, 0.1) is 6.92 Å². The van der Waals surface area contributed by atoms with Gasteiger partial charge in [-0.3, -0.25) is 0 Å². The second-order valence-corrected chi connectivity index (χ2v) is 4.25. The second-order valence-electron chi connectivity index (χ2n) is 3.81. The van der Waals surface area contributed by atoms with Crippen molar-refractivity contribution in [2.45, 2.75) is 19.1 Å². The maximum Gasteiger partial charge on any atom is 0.0996 e. The van der Waals surface area contributed by atoms with Gasteiger partial charge in [-0.25, -0.2) is 0 Å². The van der Waals surface area contributed by atoms with Gasteiger partial charge in [-0.2, -0.15) is 0 Å². The average Bonchev–Trinajstić information content (AvgIpc) is 2.58. The number of benzene rings is 1. The summed E-state index contributed by atoms with van der Waals surface area (Å²) in [6, 6.07) is 5.63. The molecular weight excluding hydrogens is 214 g/mol. The molecule has 0 radical (unpaired) electrons. The zero-order chi connectivity index (χ0) is 10.8. The zero-order valence-electron chi connectivity index (χ0n) is 8.53. The van der Waals surface area contributed by atoms with Gasteiger partial charge < -0.3 is 15.2 Å². The quantitative estimate of drug-likeness (QED) is 0.810. The molecule has 1 aliphatic heterocycles. The Hall–Kier alpha value is -0.770. The molecular formula is C11H14ClNO2. The molecule has 1 fully saturated rings. The third kappa shape index (κ3) is 2.43. The second kappa shape index (κ2) is 4.39. The highest BCUT2D eigenvalue weighted by Crippen LogP contribution is 2.22. The summed E-state index contributed by atoms with van der Waals surface area (Å²) in [5.74, 6) is 0. The molecule has 2 atom stereocenters. The van der Waals surface area contributed by atoms with E-state index in [9.17, 15) is 5.11 Å². The Morgan fingerprint density at radius 2 is 2.27 bits per heavy atom. The lowest BCUT2D eigenvalue weighted by molar-refractivity contribution is 0.125. The first-order valence-electron chi connectivity index (χ1n) is 4.95. The minimum atomic E-state index is -0.441. The normalized spacial score (nSPS) is 25.5. The lowest BCUT2D eigenvalue weighted by atomic mass is 10.1. The molecule has 0 aromatic heterocycles. The number of rotatable bonds is 2. The van der Waals surface area contributed by atoms with Crippen LogP contribution in [0.15, 0.2) is 18.2 Å². The summed E-state index contributed by atoms with van der Waals surface area (Å²) >= 11 is 5.90. The first-order valence-corrected chi connectivity index (χ1v) is 5.33. The fourth-order valence-electron chi connectivity index (χ4n) is 1.63. The summed E-state index contributed by atoms with van der Waals surface area (Å²) in [6.45, 7) is 2.94. The van der Waals surface area contributed by atoms with Gasteiger partial charge in [-0.15, -0.1) is 0 Å². The van der Waals surface area contributed by atoms with E-state index in [1.54, 1.807) is 0 Å². The summed E-state index contributed by atoms with van der Waals surface area (Å²) in [7, 11) is 0. The number of nitrogens with one attached hydrogen (secondary N) is 1. The predicted octanol–water partition coefficient (Wildman–Crippen LogP) is 1.82. The highest BCUT2D eigenvalue weighted by molar-refractivity contribution is 6.30. The van der Waals surface area contributed by atoms with Gasteiger partial charge in [0, 0.05) is 10.7 Å². The van der Waals surface area contributed by atoms with Crippen molar-refractivity contribution >= 4 is 17.3 Å². The van der Waals surface area contributed by atoms with Gasteiger partial charge in [0.15, 0.2) is 0 Å². The third-order valence-corrected chi connectivity index (χ3v) is 2.83. The van der Waals surface area contributed by atoms with E-state index in [0.29, 0.717) is 18.2 Å². The van der Waals surface area contributed by atoms with Gasteiger partial charge in [-0.1, -0.05) is 17.7 Å². The number of ether oxygens (including phenoxy) is 1. The van der Waals surface area contributed by atoms with Crippen LogP contribution in [0.4, 0.5) is 5.69 Å². The molecule has 0 spiro atoms. The largest absolute Gasteiger partial charge is 0.388 e. The van der Waals surface area contributed by atoms with Gasteiger partial charge in [0.25, 0.3) is 0 Å². The number of aliphatic hydroxyl groups excluding tert-OH is 1. The maximum absolute atomic E-state index is 9.59. The summed E-state index contributed by atoms with van der Waals surface area (Å²) in [5, 5.41) is 13.5. The molecule has 4 heteroatoms. The maximum atomic E-state index is 9.59. The molecule has 1 aromatic carbocycles. The minimum absolute atomic E-state index is 0.0397. The smallest absolute Gasteiger partial charge is 0.0996 e. The molecule has 2 N–H and O–H groups in total. The van der Waals surface area contributed by atoms with Crippen molar-refractivity contribution in [3.05, 3.63) is 28.8 Å². The fraction of sp³-hybridized carbons (Fsp3) is 0.455. The number of hydrogen-bond acceptors (Lipinski definition) is 3. The summed E-state index contributed by atoms with van der Waals surface area (Å²) in [4.78, 5) is 0. The summed E-state index contributed by atoms with van der Waals surface area (Å²) < 4.78 is 5.17. The Labute approximate surface area is 94.0 Å². The predicted molar refractivity (Wildman–Crippen MR) is 60.4 cm³/mol. The Kier molecular flexibility index (Phi) is 3.14. The lowest BCUT2D eigenvalue weighted by Gasteiger charge is -2.17. The average molecular weight is 228 g/mol. The monoisotopic (exact) mass is 227 g/mol. The van der Waals surface area contributed by atoms with Crippen LogP contribution < -0.4 is 5.32 Å². The Morgan fingerprint density at radius 1 is 1.47 bits per heavy atom. The van der Waals surface area contributed by atoms with Crippen LogP contribution in [-0.2, 0) is 4.74 Å². The molecule has 1 aromatic rings. The van der Waals surface area contributed by atoms with Gasteiger partial charge in [0.05, 0.1) is 25.4 Å². The van der Waals surface area contributed by atoms with Crippen LogP contribution in [0.25, 0.3) is 0 Å². The zero-order valence-corrected chi connectivity index (χ0v) is 9.29. The first-order chi connectivity index (χ1) is 7.16. The van der Waals surface area contributed by atoms with E-state index in [0.717, 1.165) is 11.3 Å². The molecule has 3 nitrogen and oxygen atoms in total. The van der Waals surface area contributed by atoms with Crippen LogP contribution in [0.1, 0.15) is 5.56 Å². The molecule has 15 heavy (non-hydrogen) atoms. The van der Waals surface area contributed by atoms with E-state index in [-0.39, 0.29) is 6.04 Å². The third-order valence-electron chi connectivity index (χ3n) is 2.59. The Morgan fingerprint density at radius 3 is 2.93 bits per heavy atom. The molecule has 82 valence electrons. The van der Waals surface area contributed by atoms with E-state index in [4.69, 9.17) is 16.3 Å². The summed E-state index contributed by atoms with van der Waals surface area (Å²) in [6.07, 6.45) is -0.441. The van der Waals surface area contributed by atoms with Crippen LogP contribution in [0.3, 0.4) is 0 Å². The number of anilines is 1. The number of aliphatic hydroxyl groups is 1. The van der Waals surface area contributed by atoms with E-state index >= 15 is 0 Å². The highest BCUT2D eigenvalue weighted by atomic mass is 35.5. The standard InChI is InChI=1S/C11H14ClNO2/c1-7-2-3-8(12)4-9(7)13-10-5-15-6-11(10)14/h2-4,10-11,13-14H,5-6H2,1H3/t10-,11-/m1/s1. The molecule has 1 heterocycles. The number of hydrogen-bond donors (Lipinski definition) is 2. The van der Waals surface area contributed by atoms with Crippen LogP contribution in [-0.4, -0.2) is 30.5 Å². The van der Waals surface area contributed by atoms with Gasteiger partial charge in [-0.05, 0) is 24.6 Å². The molecule has 0 aliphatic carbocycles.